The molecule has 1 unspecified atom stereocenters. The number of hydrogen-bond donors (Lipinski definition) is 0. The first-order chi connectivity index (χ1) is 12.1. The largest absolute Gasteiger partial charge is 0.367 e. The van der Waals surface area contributed by atoms with Crippen LogP contribution in [0.25, 0.3) is 0 Å². The number of nitrogens with zero attached hydrogens (tertiary/aromatic N) is 6. The van der Waals surface area contributed by atoms with E-state index in [4.69, 9.17) is 0 Å². The number of para-hydroxylation sites is 1. The number of rotatable bonds is 6. The van der Waals surface area contributed by atoms with Gasteiger partial charge < -0.3 is 4.90 Å². The molecule has 1 aromatic heterocycles. The van der Waals surface area contributed by atoms with Gasteiger partial charge >= 0.3 is 0 Å². The monoisotopic (exact) mass is 346 g/mol. The van der Waals surface area contributed by atoms with Crippen LogP contribution in [0.5, 0.6) is 0 Å². The molecule has 0 radical (unpaired) electrons. The van der Waals surface area contributed by atoms with Crippen molar-refractivity contribution in [1.82, 2.24) is 25.1 Å². The molecular formula is C18H27FN6. The van der Waals surface area contributed by atoms with Gasteiger partial charge in [-0.1, -0.05) is 25.5 Å². The summed E-state index contributed by atoms with van der Waals surface area (Å²) in [5.41, 5.74) is 0.696. The van der Waals surface area contributed by atoms with E-state index in [2.05, 4.69) is 46.1 Å². The topological polar surface area (TPSA) is 50.1 Å². The van der Waals surface area contributed by atoms with Gasteiger partial charge in [0.1, 0.15) is 5.82 Å². The Morgan fingerprint density at radius 3 is 2.48 bits per heavy atom. The van der Waals surface area contributed by atoms with E-state index in [0.29, 0.717) is 5.69 Å². The summed E-state index contributed by atoms with van der Waals surface area (Å²) in [6.45, 7) is 9.76. The molecule has 25 heavy (non-hydrogen) atoms. The molecule has 1 aliphatic heterocycles. The minimum Gasteiger partial charge on any atom is -0.367 e. The van der Waals surface area contributed by atoms with Crippen molar-refractivity contribution in [3.05, 3.63) is 35.9 Å². The zero-order valence-corrected chi connectivity index (χ0v) is 15.3. The number of piperazine rings is 1. The molecule has 1 saturated heterocycles. The predicted octanol–water partition coefficient (Wildman–Crippen LogP) is 3.06. The maximum Gasteiger partial charge on any atom is 0.168 e. The van der Waals surface area contributed by atoms with E-state index in [0.717, 1.165) is 44.8 Å². The van der Waals surface area contributed by atoms with Crippen molar-refractivity contribution in [2.24, 2.45) is 0 Å². The Hall–Kier alpha value is -2.02. The van der Waals surface area contributed by atoms with Crippen LogP contribution < -0.4 is 4.90 Å². The highest BCUT2D eigenvalue weighted by Gasteiger charge is 2.29. The summed E-state index contributed by atoms with van der Waals surface area (Å²) in [6, 6.07) is 7.46. The molecule has 7 heteroatoms. The number of aromatic nitrogens is 4. The normalized spacial score (nSPS) is 17.2. The van der Waals surface area contributed by atoms with Crippen LogP contribution in [0.3, 0.4) is 0 Å². The number of benzene rings is 1. The van der Waals surface area contributed by atoms with Crippen LogP contribution in [-0.2, 0) is 0 Å². The average Bonchev–Trinajstić information content (AvgIpc) is 3.10. The van der Waals surface area contributed by atoms with Crippen LogP contribution in [0, 0.1) is 5.82 Å². The van der Waals surface area contributed by atoms with Gasteiger partial charge in [-0.25, -0.2) is 9.07 Å². The molecule has 0 N–H and O–H groups in total. The fourth-order valence-corrected chi connectivity index (χ4v) is 3.52. The molecule has 2 aromatic rings. The van der Waals surface area contributed by atoms with Gasteiger partial charge in [-0.3, -0.25) is 4.90 Å². The van der Waals surface area contributed by atoms with E-state index in [1.165, 1.54) is 6.07 Å². The third-order valence-corrected chi connectivity index (χ3v) is 4.82. The molecule has 1 aromatic carbocycles. The average molecular weight is 346 g/mol. The molecule has 1 fully saturated rings. The van der Waals surface area contributed by atoms with E-state index in [1.807, 2.05) is 16.8 Å². The Morgan fingerprint density at radius 1 is 1.12 bits per heavy atom. The number of tetrazole rings is 1. The lowest BCUT2D eigenvalue weighted by Crippen LogP contribution is -2.48. The summed E-state index contributed by atoms with van der Waals surface area (Å²) in [5.74, 6) is 0.793. The van der Waals surface area contributed by atoms with Gasteiger partial charge in [0, 0.05) is 26.2 Å². The minimum absolute atomic E-state index is 0.148. The number of halogens is 1. The van der Waals surface area contributed by atoms with Crippen molar-refractivity contribution in [1.29, 1.82) is 0 Å². The van der Waals surface area contributed by atoms with E-state index in [1.54, 1.807) is 6.07 Å². The molecule has 0 saturated carbocycles. The summed E-state index contributed by atoms with van der Waals surface area (Å²) < 4.78 is 16.0. The number of anilines is 1. The molecule has 1 aliphatic rings. The summed E-state index contributed by atoms with van der Waals surface area (Å²) >= 11 is 0. The van der Waals surface area contributed by atoms with Gasteiger partial charge in [-0.15, -0.1) is 5.10 Å². The maximum absolute atomic E-state index is 14.0. The SMILES string of the molecule is CCCC(c1nnnn1C(C)C)N1CCN(c2ccccc2F)CC1. The van der Waals surface area contributed by atoms with E-state index in [-0.39, 0.29) is 17.9 Å². The second kappa shape index (κ2) is 7.91. The summed E-state index contributed by atoms with van der Waals surface area (Å²) in [5, 5.41) is 12.4. The molecule has 0 aliphatic carbocycles. The van der Waals surface area contributed by atoms with Crippen LogP contribution in [-0.4, -0.2) is 51.3 Å². The van der Waals surface area contributed by atoms with Gasteiger partial charge in [-0.2, -0.15) is 0 Å². The van der Waals surface area contributed by atoms with E-state index in [9.17, 15) is 4.39 Å². The summed E-state index contributed by atoms with van der Waals surface area (Å²) in [6.07, 6.45) is 2.09. The zero-order valence-electron chi connectivity index (χ0n) is 15.3. The van der Waals surface area contributed by atoms with Crippen LogP contribution in [0.1, 0.15) is 51.5 Å². The third-order valence-electron chi connectivity index (χ3n) is 4.82. The minimum atomic E-state index is -0.148. The number of hydrogen-bond acceptors (Lipinski definition) is 5. The summed E-state index contributed by atoms with van der Waals surface area (Å²) in [7, 11) is 0. The molecule has 0 amide bonds. The smallest absolute Gasteiger partial charge is 0.168 e. The highest BCUT2D eigenvalue weighted by atomic mass is 19.1. The van der Waals surface area contributed by atoms with E-state index < -0.39 is 0 Å². The van der Waals surface area contributed by atoms with Gasteiger partial charge in [0.05, 0.1) is 17.8 Å². The van der Waals surface area contributed by atoms with Crippen molar-refractivity contribution in [2.75, 3.05) is 31.1 Å². The predicted molar refractivity (Wildman–Crippen MR) is 96.0 cm³/mol. The van der Waals surface area contributed by atoms with Crippen molar-refractivity contribution in [3.63, 3.8) is 0 Å². The first-order valence-corrected chi connectivity index (χ1v) is 9.13. The van der Waals surface area contributed by atoms with Crippen molar-refractivity contribution in [2.45, 2.75) is 45.7 Å². The Kier molecular flexibility index (Phi) is 5.63. The van der Waals surface area contributed by atoms with Gasteiger partial charge in [0.15, 0.2) is 5.82 Å². The van der Waals surface area contributed by atoms with Crippen LogP contribution >= 0.6 is 0 Å². The Labute approximate surface area is 148 Å². The second-order valence-corrected chi connectivity index (χ2v) is 6.85. The third kappa shape index (κ3) is 3.81. The maximum atomic E-state index is 14.0. The fourth-order valence-electron chi connectivity index (χ4n) is 3.52. The molecule has 1 atom stereocenters. The molecule has 6 nitrogen and oxygen atoms in total. The molecule has 2 heterocycles. The standard InChI is InChI=1S/C18H27FN6/c1-4-7-17(18-20-21-22-25(18)14(2)3)24-12-10-23(11-13-24)16-9-6-5-8-15(16)19/h5-6,8-9,14,17H,4,7,10-13H2,1-3H3. The first kappa shape index (κ1) is 17.8. The molecule has 0 bridgehead atoms. The molecule has 3 rings (SSSR count). The Bertz CT molecular complexity index is 678. The zero-order chi connectivity index (χ0) is 17.8. The Balaban J connectivity index is 1.73. The van der Waals surface area contributed by atoms with Gasteiger partial charge in [0.2, 0.25) is 0 Å². The first-order valence-electron chi connectivity index (χ1n) is 9.13. The van der Waals surface area contributed by atoms with Crippen molar-refractivity contribution in [3.8, 4) is 0 Å². The Morgan fingerprint density at radius 2 is 1.84 bits per heavy atom. The van der Waals surface area contributed by atoms with E-state index >= 15 is 0 Å². The highest BCUT2D eigenvalue weighted by Crippen LogP contribution is 2.28. The van der Waals surface area contributed by atoms with Gasteiger partial charge in [-0.05, 0) is 42.8 Å². The molecule has 136 valence electrons. The lowest BCUT2D eigenvalue weighted by molar-refractivity contribution is 0.162. The van der Waals surface area contributed by atoms with Crippen molar-refractivity contribution >= 4 is 5.69 Å². The second-order valence-electron chi connectivity index (χ2n) is 6.85. The van der Waals surface area contributed by atoms with Crippen LogP contribution in [0.4, 0.5) is 10.1 Å². The van der Waals surface area contributed by atoms with Gasteiger partial charge in [0.25, 0.3) is 0 Å². The van der Waals surface area contributed by atoms with Crippen LogP contribution in [0.15, 0.2) is 24.3 Å². The van der Waals surface area contributed by atoms with Crippen LogP contribution in [0.2, 0.25) is 0 Å². The van der Waals surface area contributed by atoms with Crippen molar-refractivity contribution < 1.29 is 4.39 Å². The fraction of sp³-hybridized carbons (Fsp3) is 0.611. The quantitative estimate of drug-likeness (QED) is 0.805. The lowest BCUT2D eigenvalue weighted by atomic mass is 10.1. The summed E-state index contributed by atoms with van der Waals surface area (Å²) in [4.78, 5) is 4.56. The molecule has 0 spiro atoms. The highest BCUT2D eigenvalue weighted by molar-refractivity contribution is 5.48. The molecular weight excluding hydrogens is 319 g/mol. The lowest BCUT2D eigenvalue weighted by Gasteiger charge is -2.40.